The normalized spacial score (nSPS) is 8.77. The molecule has 0 atom stereocenters. The SMILES string of the molecule is Cl.Cl.FCCCCCCCCCF. The number of hydrogen-bond donors (Lipinski definition) is 0. The predicted octanol–water partition coefficient (Wildman–Crippen LogP) is 4.50. The molecule has 84 valence electrons. The summed E-state index contributed by atoms with van der Waals surface area (Å²) < 4.78 is 23.1. The Morgan fingerprint density at radius 1 is 0.462 bits per heavy atom. The highest BCUT2D eigenvalue weighted by atomic mass is 35.5. The lowest BCUT2D eigenvalue weighted by molar-refractivity contribution is 0.436. The Morgan fingerprint density at radius 3 is 0.923 bits per heavy atom. The van der Waals surface area contributed by atoms with Gasteiger partial charge in [-0.3, -0.25) is 8.78 Å². The molecule has 0 aromatic rings. The molecule has 0 spiro atoms. The highest BCUT2D eigenvalue weighted by Crippen LogP contribution is 2.06. The zero-order valence-electron chi connectivity index (χ0n) is 7.94. The van der Waals surface area contributed by atoms with Gasteiger partial charge in [0.25, 0.3) is 0 Å². The first-order valence-electron chi connectivity index (χ1n) is 4.53. The van der Waals surface area contributed by atoms with Gasteiger partial charge in [-0.05, 0) is 12.8 Å². The van der Waals surface area contributed by atoms with Gasteiger partial charge in [-0.2, -0.15) is 0 Å². The molecular formula is C9H20Cl2F2. The average Bonchev–Trinajstić information content (AvgIpc) is 2.03. The van der Waals surface area contributed by atoms with Crippen molar-refractivity contribution in [3.8, 4) is 0 Å². The molecule has 0 bridgehead atoms. The van der Waals surface area contributed by atoms with Crippen LogP contribution in [0.4, 0.5) is 8.78 Å². The van der Waals surface area contributed by atoms with Crippen molar-refractivity contribution in [1.82, 2.24) is 0 Å². The molecule has 0 fully saturated rings. The molecule has 0 nitrogen and oxygen atoms in total. The Morgan fingerprint density at radius 2 is 0.692 bits per heavy atom. The van der Waals surface area contributed by atoms with Crippen molar-refractivity contribution >= 4 is 24.8 Å². The quantitative estimate of drug-likeness (QED) is 0.545. The molecule has 13 heavy (non-hydrogen) atoms. The van der Waals surface area contributed by atoms with Crippen LogP contribution >= 0.6 is 24.8 Å². The lowest BCUT2D eigenvalue weighted by Crippen LogP contribution is -1.82. The number of hydrogen-bond acceptors (Lipinski definition) is 0. The minimum absolute atomic E-state index is 0. The molecule has 0 amide bonds. The number of halogens is 4. The maximum absolute atomic E-state index is 11.6. The molecule has 0 aliphatic heterocycles. The third-order valence-corrected chi connectivity index (χ3v) is 1.77. The van der Waals surface area contributed by atoms with Gasteiger partial charge in [0, 0.05) is 0 Å². The Hall–Kier alpha value is 0.440. The minimum atomic E-state index is -0.190. The van der Waals surface area contributed by atoms with Crippen LogP contribution in [0.1, 0.15) is 44.9 Å². The van der Waals surface area contributed by atoms with Crippen molar-refractivity contribution in [3.63, 3.8) is 0 Å². The Balaban J connectivity index is -0.000000500. The first kappa shape index (κ1) is 19.1. The largest absolute Gasteiger partial charge is 0.251 e. The maximum Gasteiger partial charge on any atom is 0.0894 e. The van der Waals surface area contributed by atoms with Crippen LogP contribution in [0.3, 0.4) is 0 Å². The first-order chi connectivity index (χ1) is 5.41. The van der Waals surface area contributed by atoms with Crippen molar-refractivity contribution in [1.29, 1.82) is 0 Å². The highest BCUT2D eigenvalue weighted by molar-refractivity contribution is 5.85. The average molecular weight is 237 g/mol. The van der Waals surface area contributed by atoms with Gasteiger partial charge >= 0.3 is 0 Å². The summed E-state index contributed by atoms with van der Waals surface area (Å²) in [6.45, 7) is -0.380. The standard InChI is InChI=1S/C9H18F2.2ClH/c10-8-6-4-2-1-3-5-7-9-11;;/h1-9H2;2*1H. The summed E-state index contributed by atoms with van der Waals surface area (Å²) in [6.07, 6.45) is 6.73. The van der Waals surface area contributed by atoms with Gasteiger partial charge in [0.15, 0.2) is 0 Å². The second-order valence-corrected chi connectivity index (χ2v) is 2.85. The van der Waals surface area contributed by atoms with E-state index in [9.17, 15) is 8.78 Å². The molecule has 0 rings (SSSR count). The van der Waals surface area contributed by atoms with Gasteiger partial charge < -0.3 is 0 Å². The Kier molecular flexibility index (Phi) is 26.8. The lowest BCUT2D eigenvalue weighted by Gasteiger charge is -1.97. The molecule has 0 unspecified atom stereocenters. The van der Waals surface area contributed by atoms with Crippen molar-refractivity contribution < 1.29 is 8.78 Å². The molecule has 4 heteroatoms. The van der Waals surface area contributed by atoms with Gasteiger partial charge in [0.2, 0.25) is 0 Å². The van der Waals surface area contributed by atoms with E-state index in [-0.39, 0.29) is 38.2 Å². The minimum Gasteiger partial charge on any atom is -0.251 e. The van der Waals surface area contributed by atoms with E-state index in [4.69, 9.17) is 0 Å². The molecular weight excluding hydrogens is 217 g/mol. The molecule has 0 saturated heterocycles. The van der Waals surface area contributed by atoms with Gasteiger partial charge in [-0.25, -0.2) is 0 Å². The van der Waals surface area contributed by atoms with Gasteiger partial charge in [0.1, 0.15) is 0 Å². The number of rotatable bonds is 8. The van der Waals surface area contributed by atoms with Crippen molar-refractivity contribution in [2.45, 2.75) is 44.9 Å². The van der Waals surface area contributed by atoms with E-state index in [0.717, 1.165) is 32.1 Å². The van der Waals surface area contributed by atoms with E-state index < -0.39 is 0 Å². The third kappa shape index (κ3) is 19.0. The van der Waals surface area contributed by atoms with E-state index >= 15 is 0 Å². The summed E-state index contributed by atoms with van der Waals surface area (Å²) >= 11 is 0. The molecule has 0 aliphatic rings. The second-order valence-electron chi connectivity index (χ2n) is 2.85. The summed E-state index contributed by atoms with van der Waals surface area (Å²) in [4.78, 5) is 0. The smallest absolute Gasteiger partial charge is 0.0894 e. The maximum atomic E-state index is 11.6. The van der Waals surface area contributed by atoms with Crippen molar-refractivity contribution in [2.24, 2.45) is 0 Å². The Bertz CT molecular complexity index is 64.6. The molecule has 0 radical (unpaired) electrons. The van der Waals surface area contributed by atoms with E-state index in [1.807, 2.05) is 0 Å². The number of unbranched alkanes of at least 4 members (excludes halogenated alkanes) is 6. The van der Waals surface area contributed by atoms with Crippen LogP contribution in [0.25, 0.3) is 0 Å². The van der Waals surface area contributed by atoms with Gasteiger partial charge in [-0.1, -0.05) is 32.1 Å². The fourth-order valence-electron chi connectivity index (χ4n) is 1.07. The second kappa shape index (κ2) is 18.3. The fourth-order valence-corrected chi connectivity index (χ4v) is 1.07. The van der Waals surface area contributed by atoms with Crippen LogP contribution in [0.2, 0.25) is 0 Å². The van der Waals surface area contributed by atoms with E-state index in [1.165, 1.54) is 0 Å². The summed E-state index contributed by atoms with van der Waals surface area (Å²) in [5, 5.41) is 0. The molecule has 0 aliphatic carbocycles. The Labute approximate surface area is 92.3 Å². The summed E-state index contributed by atoms with van der Waals surface area (Å²) in [7, 11) is 0. The zero-order chi connectivity index (χ0) is 8.36. The van der Waals surface area contributed by atoms with Crippen LogP contribution in [0.15, 0.2) is 0 Å². The van der Waals surface area contributed by atoms with Crippen molar-refractivity contribution in [2.75, 3.05) is 13.3 Å². The monoisotopic (exact) mass is 236 g/mol. The van der Waals surface area contributed by atoms with Crippen LogP contribution in [0.5, 0.6) is 0 Å². The predicted molar refractivity (Wildman–Crippen MR) is 58.8 cm³/mol. The molecule has 0 aromatic carbocycles. The first-order valence-corrected chi connectivity index (χ1v) is 4.53. The summed E-state index contributed by atoms with van der Waals surface area (Å²) in [5.41, 5.74) is 0. The van der Waals surface area contributed by atoms with Crippen molar-refractivity contribution in [3.05, 3.63) is 0 Å². The molecule has 0 saturated carbocycles. The molecule has 0 N–H and O–H groups in total. The molecule has 0 aromatic heterocycles. The van der Waals surface area contributed by atoms with E-state index in [2.05, 4.69) is 0 Å². The molecule has 0 heterocycles. The van der Waals surface area contributed by atoms with E-state index in [0.29, 0.717) is 12.8 Å². The third-order valence-electron chi connectivity index (χ3n) is 1.77. The zero-order valence-corrected chi connectivity index (χ0v) is 9.57. The van der Waals surface area contributed by atoms with Crippen LogP contribution in [-0.4, -0.2) is 13.3 Å². The summed E-state index contributed by atoms with van der Waals surface area (Å²) in [5.74, 6) is 0. The van der Waals surface area contributed by atoms with Crippen LogP contribution in [0, 0.1) is 0 Å². The lowest BCUT2D eigenvalue weighted by atomic mass is 10.1. The van der Waals surface area contributed by atoms with E-state index in [1.54, 1.807) is 0 Å². The fraction of sp³-hybridized carbons (Fsp3) is 1.00. The van der Waals surface area contributed by atoms with Gasteiger partial charge in [-0.15, -0.1) is 24.8 Å². The highest BCUT2D eigenvalue weighted by Gasteiger charge is 1.90. The summed E-state index contributed by atoms with van der Waals surface area (Å²) in [6, 6.07) is 0. The van der Waals surface area contributed by atoms with Gasteiger partial charge in [0.05, 0.1) is 13.3 Å². The number of alkyl halides is 2. The topological polar surface area (TPSA) is 0 Å². The van der Waals surface area contributed by atoms with Crippen LogP contribution in [-0.2, 0) is 0 Å². The van der Waals surface area contributed by atoms with Crippen LogP contribution < -0.4 is 0 Å².